The van der Waals surface area contributed by atoms with E-state index in [1.165, 1.54) is 48.9 Å². The van der Waals surface area contributed by atoms with Crippen molar-refractivity contribution in [1.29, 1.82) is 0 Å². The van der Waals surface area contributed by atoms with Gasteiger partial charge in [0.05, 0.1) is 0 Å². The molecule has 208 valence electrons. The van der Waals surface area contributed by atoms with Crippen molar-refractivity contribution >= 4 is 29.7 Å². The maximum Gasteiger partial charge on any atom is 0.0145 e. The number of halogens is 2. The van der Waals surface area contributed by atoms with Crippen molar-refractivity contribution in [3.8, 4) is 5.75 Å². The molecule has 0 amide bonds. The Kier molecular flexibility index (Phi) is 10.8. The van der Waals surface area contributed by atoms with Gasteiger partial charge in [0, 0.05) is 11.2 Å². The summed E-state index contributed by atoms with van der Waals surface area (Å²) >= 11 is -1.77. The summed E-state index contributed by atoms with van der Waals surface area (Å²) in [7, 11) is 11.6. The van der Waals surface area contributed by atoms with E-state index in [9.17, 15) is 0 Å². The maximum atomic E-state index is 5.82. The van der Waals surface area contributed by atoms with Crippen LogP contribution < -0.4 is 9.64 Å². The summed E-state index contributed by atoms with van der Waals surface area (Å²) in [6.45, 7) is 20.8. The van der Waals surface area contributed by atoms with Gasteiger partial charge in [-0.25, -0.2) is 6.54 Å². The van der Waals surface area contributed by atoms with Gasteiger partial charge in [-0.1, -0.05) is 78.0 Å². The first kappa shape index (κ1) is 30.7. The Morgan fingerprint density at radius 2 is 1.46 bits per heavy atom. The summed E-state index contributed by atoms with van der Waals surface area (Å²) in [6, 6.07) is 14.7. The van der Waals surface area contributed by atoms with E-state index in [0.29, 0.717) is 17.3 Å². The quantitative estimate of drug-likeness (QED) is 0.232. The van der Waals surface area contributed by atoms with Gasteiger partial charge < -0.3 is 4.90 Å². The maximum absolute atomic E-state index is 5.82. The summed E-state index contributed by atoms with van der Waals surface area (Å²) in [4.78, 5) is 2.67. The zero-order chi connectivity index (χ0) is 27.4. The van der Waals surface area contributed by atoms with Crippen LogP contribution in [0.4, 0.5) is 5.69 Å². The standard InChI is InChI=1S/C22H34N.C10H12O.2ClH.Ru/c1-16(2)18-10-9-11-19(17(3)4)20(18)23-15-22(12-7-8-13-22)14-21(23,5)6;1-8(2)11-10-7-5-4-6-9(10)3;;;/h9-11,15-17H,7-8,12-14H2,1-6H3;3-8H,1-2H3;2*1H;/q-1;;;;+2/p-2. The molecule has 1 aliphatic heterocycles. The monoisotopic (exact) mass is 632 g/mol. The third-order valence-corrected chi connectivity index (χ3v) is 9.32. The first-order valence-electron chi connectivity index (χ1n) is 13.7. The molecule has 2 aromatic rings. The Hall–Kier alpha value is -0.887. The molecular weight excluding hydrogens is 586 g/mol. The van der Waals surface area contributed by atoms with Gasteiger partial charge in [0.1, 0.15) is 0 Å². The second kappa shape index (κ2) is 13.0. The van der Waals surface area contributed by atoms with Crippen LogP contribution in [-0.2, 0) is 13.5 Å². The van der Waals surface area contributed by atoms with Gasteiger partial charge >= 0.3 is 97.8 Å². The fraction of sp³-hybridized carbons (Fsp3) is 0.562. The zero-order valence-electron chi connectivity index (χ0n) is 23.9. The summed E-state index contributed by atoms with van der Waals surface area (Å²) in [5.74, 6) is 1.98. The van der Waals surface area contributed by atoms with E-state index in [1.54, 1.807) is 0 Å². The third-order valence-electron chi connectivity index (χ3n) is 7.49. The molecule has 2 fully saturated rings. The van der Waals surface area contributed by atoms with Crippen LogP contribution in [0.1, 0.15) is 116 Å². The number of ether oxygens (including phenoxy) is 1. The minimum Gasteiger partial charge on any atom is -0.517 e. The third kappa shape index (κ3) is 7.83. The molecule has 37 heavy (non-hydrogen) atoms. The first-order valence-corrected chi connectivity index (χ1v) is 19.2. The average molecular weight is 633 g/mol. The van der Waals surface area contributed by atoms with Crippen LogP contribution in [-0.4, -0.2) is 16.3 Å². The molecule has 0 bridgehead atoms. The van der Waals surface area contributed by atoms with Gasteiger partial charge in [0.15, 0.2) is 0 Å². The normalized spacial score (nSPS) is 18.4. The largest absolute Gasteiger partial charge is 0.517 e. The predicted molar refractivity (Wildman–Crippen MR) is 160 cm³/mol. The van der Waals surface area contributed by atoms with Crippen molar-refractivity contribution in [1.82, 2.24) is 0 Å². The van der Waals surface area contributed by atoms with E-state index in [0.717, 1.165) is 11.3 Å². The van der Waals surface area contributed by atoms with Crippen LogP contribution in [0.2, 0.25) is 0 Å². The Morgan fingerprint density at radius 1 is 0.892 bits per heavy atom. The summed E-state index contributed by atoms with van der Waals surface area (Å²) in [5, 5.41) is 0. The molecule has 1 aliphatic carbocycles. The van der Waals surface area contributed by atoms with Gasteiger partial charge in [0.25, 0.3) is 0 Å². The Morgan fingerprint density at radius 3 is 1.97 bits per heavy atom. The van der Waals surface area contributed by atoms with E-state index in [2.05, 4.69) is 71.2 Å². The average Bonchev–Trinajstić information content (AvgIpc) is 3.36. The molecule has 4 rings (SSSR count). The molecule has 0 aromatic heterocycles. The van der Waals surface area contributed by atoms with Crippen LogP contribution in [0.25, 0.3) is 0 Å². The molecule has 2 nitrogen and oxygen atoms in total. The molecule has 1 saturated carbocycles. The van der Waals surface area contributed by atoms with Crippen LogP contribution in [0.15, 0.2) is 42.5 Å². The van der Waals surface area contributed by atoms with Gasteiger partial charge in [-0.3, -0.25) is 0 Å². The summed E-state index contributed by atoms with van der Waals surface area (Å²) in [6.07, 6.45) is 7.05. The molecule has 0 unspecified atom stereocenters. The Balaban J connectivity index is 0.000000233. The SMILES string of the molecule is CC(C)Oc1ccccc1[CH]=[Ru]([Cl])[Cl].CC(C)c1cccc(C(C)C)c1N1[CH-]C2(CCCC2)CC1(C)C. The van der Waals surface area contributed by atoms with Crippen LogP contribution in [0.3, 0.4) is 0 Å². The second-order valence-electron chi connectivity index (χ2n) is 12.2. The van der Waals surface area contributed by atoms with Crippen molar-refractivity contribution in [2.45, 2.75) is 111 Å². The fourth-order valence-corrected chi connectivity index (χ4v) is 7.80. The van der Waals surface area contributed by atoms with Crippen LogP contribution in [0, 0.1) is 12.0 Å². The number of para-hydroxylation sites is 2. The Bertz CT molecular complexity index is 1040. The summed E-state index contributed by atoms with van der Waals surface area (Å²) in [5.41, 5.74) is 6.20. The molecule has 1 heterocycles. The molecule has 0 N–H and O–H groups in total. The van der Waals surface area contributed by atoms with E-state index in [1.807, 2.05) is 42.7 Å². The fourth-order valence-electron chi connectivity index (χ4n) is 5.99. The molecule has 0 atom stereocenters. The first-order chi connectivity index (χ1) is 17.3. The van der Waals surface area contributed by atoms with Gasteiger partial charge in [-0.05, 0) is 36.8 Å². The molecular formula is C32H46Cl2NORu-. The van der Waals surface area contributed by atoms with Gasteiger partial charge in [0.2, 0.25) is 0 Å². The number of anilines is 1. The van der Waals surface area contributed by atoms with Crippen molar-refractivity contribution in [2.75, 3.05) is 4.90 Å². The van der Waals surface area contributed by atoms with E-state index in [-0.39, 0.29) is 11.6 Å². The number of hydrogen-bond donors (Lipinski definition) is 0. The second-order valence-corrected chi connectivity index (χ2v) is 17.9. The number of hydrogen-bond acceptors (Lipinski definition) is 2. The van der Waals surface area contributed by atoms with Crippen LogP contribution in [0.5, 0.6) is 5.75 Å². The predicted octanol–water partition coefficient (Wildman–Crippen LogP) is 10.2. The zero-order valence-corrected chi connectivity index (χ0v) is 27.2. The minimum absolute atomic E-state index is 0.163. The molecule has 5 heteroatoms. The molecule has 2 aliphatic rings. The van der Waals surface area contributed by atoms with E-state index >= 15 is 0 Å². The number of nitrogens with zero attached hydrogens (tertiary/aromatic N) is 1. The molecule has 2 aromatic carbocycles. The minimum atomic E-state index is -1.77. The molecule has 0 radical (unpaired) electrons. The summed E-state index contributed by atoms with van der Waals surface area (Å²) < 4.78 is 7.51. The van der Waals surface area contributed by atoms with Crippen molar-refractivity contribution in [3.05, 3.63) is 65.7 Å². The Labute approximate surface area is 239 Å². The topological polar surface area (TPSA) is 12.5 Å². The van der Waals surface area contributed by atoms with Gasteiger partial charge in [-0.15, -0.1) is 5.41 Å². The molecule has 1 saturated heterocycles. The van der Waals surface area contributed by atoms with Crippen molar-refractivity contribution in [2.24, 2.45) is 5.41 Å². The van der Waals surface area contributed by atoms with Gasteiger partial charge in [-0.2, -0.15) is 0 Å². The van der Waals surface area contributed by atoms with Crippen LogP contribution >= 0.6 is 19.4 Å². The van der Waals surface area contributed by atoms with E-state index < -0.39 is 13.5 Å². The van der Waals surface area contributed by atoms with Crippen molar-refractivity contribution < 1.29 is 18.3 Å². The number of benzene rings is 2. The smallest absolute Gasteiger partial charge is 0.0145 e. The number of rotatable bonds is 6. The van der Waals surface area contributed by atoms with Crippen molar-refractivity contribution in [3.63, 3.8) is 0 Å². The van der Waals surface area contributed by atoms with E-state index in [4.69, 9.17) is 24.1 Å². The molecule has 1 spiro atoms.